The molecule has 2 rings (SSSR count). The third kappa shape index (κ3) is 2.88. The van der Waals surface area contributed by atoms with Crippen molar-refractivity contribution in [3.8, 4) is 0 Å². The van der Waals surface area contributed by atoms with Crippen LogP contribution in [0.2, 0.25) is 5.02 Å². The predicted molar refractivity (Wildman–Crippen MR) is 79.8 cm³/mol. The van der Waals surface area contributed by atoms with Gasteiger partial charge in [-0.15, -0.1) is 0 Å². The van der Waals surface area contributed by atoms with Crippen LogP contribution in [0.4, 0.5) is 4.79 Å². The highest BCUT2D eigenvalue weighted by molar-refractivity contribution is 6.32. The molecular weight excluding hydrogens is 294 g/mol. The van der Waals surface area contributed by atoms with E-state index in [4.69, 9.17) is 21.1 Å². The first-order chi connectivity index (χ1) is 9.99. The van der Waals surface area contributed by atoms with Gasteiger partial charge in [0.25, 0.3) is 0 Å². The third-order valence-electron chi connectivity index (χ3n) is 3.21. The molecule has 0 aliphatic heterocycles. The Morgan fingerprint density at radius 3 is 2.67 bits per heavy atom. The number of methoxy groups -OCH3 is 1. The highest BCUT2D eigenvalue weighted by atomic mass is 35.5. The summed E-state index contributed by atoms with van der Waals surface area (Å²) in [7, 11) is 1.32. The van der Waals surface area contributed by atoms with E-state index >= 15 is 0 Å². The zero-order valence-electron chi connectivity index (χ0n) is 12.1. The molecule has 0 saturated heterocycles. The first-order valence-electron chi connectivity index (χ1n) is 6.53. The molecule has 0 fully saturated rings. The Labute approximate surface area is 127 Å². The minimum atomic E-state index is -0.480. The Morgan fingerprint density at radius 1 is 1.33 bits per heavy atom. The number of halogens is 1. The fourth-order valence-corrected chi connectivity index (χ4v) is 2.55. The van der Waals surface area contributed by atoms with Crippen LogP contribution < -0.4 is 0 Å². The number of nitrogens with zero attached hydrogens (tertiary/aromatic N) is 1. The second kappa shape index (κ2) is 6.18. The number of fused-ring (bicyclic) bond motifs is 1. The molecule has 0 amide bonds. The van der Waals surface area contributed by atoms with E-state index in [1.807, 2.05) is 6.07 Å². The maximum Gasteiger partial charge on any atom is 0.418 e. The highest BCUT2D eigenvalue weighted by Gasteiger charge is 2.18. The molecule has 5 nitrogen and oxygen atoms in total. The molecular formula is C15H16ClNO4. The lowest BCUT2D eigenvalue weighted by Crippen LogP contribution is -2.12. The highest BCUT2D eigenvalue weighted by Crippen LogP contribution is 2.29. The smallest absolute Gasteiger partial charge is 0.418 e. The van der Waals surface area contributed by atoms with Gasteiger partial charge < -0.3 is 9.47 Å². The summed E-state index contributed by atoms with van der Waals surface area (Å²) in [5.41, 5.74) is 2.02. The number of ether oxygens (including phenoxy) is 2. The van der Waals surface area contributed by atoms with Gasteiger partial charge in [0.2, 0.25) is 0 Å². The van der Waals surface area contributed by atoms with Crippen LogP contribution in [0, 0.1) is 6.92 Å². The number of hydrogen-bond acceptors (Lipinski definition) is 4. The fourth-order valence-electron chi connectivity index (χ4n) is 2.31. The Hall–Kier alpha value is -2.01. The van der Waals surface area contributed by atoms with Gasteiger partial charge in [-0.3, -0.25) is 4.79 Å². The quantitative estimate of drug-likeness (QED) is 0.816. The molecule has 0 saturated carbocycles. The van der Waals surface area contributed by atoms with Gasteiger partial charge >= 0.3 is 12.1 Å². The average molecular weight is 310 g/mol. The van der Waals surface area contributed by atoms with Gasteiger partial charge in [-0.2, -0.15) is 0 Å². The summed E-state index contributed by atoms with van der Waals surface area (Å²) in [6.07, 6.45) is -0.416. The first-order valence-corrected chi connectivity index (χ1v) is 6.90. The lowest BCUT2D eigenvalue weighted by molar-refractivity contribution is -0.142. The van der Waals surface area contributed by atoms with Crippen LogP contribution in [-0.2, 0) is 20.7 Å². The Balaban J connectivity index is 2.58. The minimum Gasteiger partial charge on any atom is -0.466 e. The number of esters is 1. The molecule has 112 valence electrons. The van der Waals surface area contributed by atoms with Crippen molar-refractivity contribution in [3.63, 3.8) is 0 Å². The van der Waals surface area contributed by atoms with Gasteiger partial charge in [0.1, 0.15) is 0 Å². The van der Waals surface area contributed by atoms with Crippen molar-refractivity contribution in [1.82, 2.24) is 4.57 Å². The monoisotopic (exact) mass is 309 g/mol. The van der Waals surface area contributed by atoms with E-state index in [-0.39, 0.29) is 12.4 Å². The van der Waals surface area contributed by atoms with E-state index in [0.29, 0.717) is 28.4 Å². The average Bonchev–Trinajstić information content (AvgIpc) is 2.78. The van der Waals surface area contributed by atoms with Crippen LogP contribution in [0.3, 0.4) is 0 Å². The zero-order valence-corrected chi connectivity index (χ0v) is 12.9. The second-order valence-corrected chi connectivity index (χ2v) is 4.94. The van der Waals surface area contributed by atoms with Crippen molar-refractivity contribution >= 4 is 34.6 Å². The lowest BCUT2D eigenvalue weighted by atomic mass is 10.1. The maximum atomic E-state index is 11.8. The molecule has 1 aromatic heterocycles. The number of rotatable bonds is 3. The van der Waals surface area contributed by atoms with Crippen LogP contribution in [0.15, 0.2) is 18.2 Å². The Bertz CT molecular complexity index is 705. The molecule has 0 atom stereocenters. The number of hydrogen-bond donors (Lipinski definition) is 0. The van der Waals surface area contributed by atoms with Gasteiger partial charge in [0.05, 0.1) is 25.7 Å². The lowest BCUT2D eigenvalue weighted by Gasteiger charge is -2.08. The number of carbonyl (C=O) groups excluding carboxylic acids is 2. The van der Waals surface area contributed by atoms with Crippen molar-refractivity contribution in [2.75, 3.05) is 13.7 Å². The zero-order chi connectivity index (χ0) is 15.6. The number of aromatic nitrogens is 1. The second-order valence-electron chi connectivity index (χ2n) is 4.53. The van der Waals surface area contributed by atoms with Gasteiger partial charge in [-0.25, -0.2) is 9.36 Å². The summed E-state index contributed by atoms with van der Waals surface area (Å²) in [6.45, 7) is 3.85. The van der Waals surface area contributed by atoms with E-state index in [0.717, 1.165) is 5.39 Å². The van der Waals surface area contributed by atoms with Gasteiger partial charge in [0, 0.05) is 16.1 Å². The van der Waals surface area contributed by atoms with Crippen molar-refractivity contribution in [2.24, 2.45) is 0 Å². The molecule has 2 aromatic rings. The topological polar surface area (TPSA) is 57.5 Å². The summed E-state index contributed by atoms with van der Waals surface area (Å²) in [6, 6.07) is 5.21. The molecule has 1 heterocycles. The van der Waals surface area contributed by atoms with Crippen molar-refractivity contribution in [2.45, 2.75) is 20.3 Å². The first kappa shape index (κ1) is 15.4. The third-order valence-corrected chi connectivity index (χ3v) is 3.56. The standard InChI is InChI=1S/C15H16ClNO4/c1-4-21-14(18)8-10-11-7-9(2)17(15(19)20-3)13(11)6-5-12(10)16/h5-7H,4,8H2,1-3H3. The molecule has 0 spiro atoms. The van der Waals surface area contributed by atoms with E-state index in [2.05, 4.69) is 0 Å². The summed E-state index contributed by atoms with van der Waals surface area (Å²) < 4.78 is 11.2. The maximum absolute atomic E-state index is 11.8. The van der Waals surface area contributed by atoms with Crippen LogP contribution >= 0.6 is 11.6 Å². The Kier molecular flexibility index (Phi) is 4.53. The van der Waals surface area contributed by atoms with Crippen LogP contribution in [0.1, 0.15) is 18.2 Å². The molecule has 0 unspecified atom stereocenters. The largest absolute Gasteiger partial charge is 0.466 e. The minimum absolute atomic E-state index is 0.0641. The molecule has 0 bridgehead atoms. The normalized spacial score (nSPS) is 10.7. The van der Waals surface area contributed by atoms with Crippen LogP contribution in [0.25, 0.3) is 10.9 Å². The van der Waals surface area contributed by atoms with E-state index in [1.54, 1.807) is 26.0 Å². The molecule has 21 heavy (non-hydrogen) atoms. The summed E-state index contributed by atoms with van der Waals surface area (Å²) in [5.74, 6) is -0.352. The van der Waals surface area contributed by atoms with Crippen LogP contribution in [-0.4, -0.2) is 30.3 Å². The summed E-state index contributed by atoms with van der Waals surface area (Å²) >= 11 is 6.19. The van der Waals surface area contributed by atoms with Gasteiger partial charge in [-0.1, -0.05) is 11.6 Å². The van der Waals surface area contributed by atoms with Crippen molar-refractivity contribution in [3.05, 3.63) is 34.5 Å². The fraction of sp³-hybridized carbons (Fsp3) is 0.333. The summed E-state index contributed by atoms with van der Waals surface area (Å²) in [5, 5.41) is 1.22. The predicted octanol–water partition coefficient (Wildman–Crippen LogP) is 3.32. The van der Waals surface area contributed by atoms with Crippen LogP contribution in [0.5, 0.6) is 0 Å². The molecule has 0 radical (unpaired) electrons. The molecule has 0 aliphatic carbocycles. The molecule has 0 N–H and O–H groups in total. The van der Waals surface area contributed by atoms with E-state index in [9.17, 15) is 9.59 Å². The van der Waals surface area contributed by atoms with Crippen molar-refractivity contribution < 1.29 is 19.1 Å². The van der Waals surface area contributed by atoms with E-state index in [1.165, 1.54) is 11.7 Å². The molecule has 6 heteroatoms. The molecule has 0 aliphatic rings. The SMILES string of the molecule is CCOC(=O)Cc1c(Cl)ccc2c1cc(C)n2C(=O)OC. The Morgan fingerprint density at radius 2 is 2.05 bits per heavy atom. The summed E-state index contributed by atoms with van der Waals surface area (Å²) in [4.78, 5) is 23.6. The van der Waals surface area contributed by atoms with Crippen molar-refractivity contribution in [1.29, 1.82) is 0 Å². The van der Waals surface area contributed by atoms with Gasteiger partial charge in [-0.05, 0) is 37.6 Å². The number of aryl methyl sites for hydroxylation is 1. The van der Waals surface area contributed by atoms with E-state index < -0.39 is 6.09 Å². The number of carbonyl (C=O) groups is 2. The number of benzene rings is 1. The molecule has 1 aromatic carbocycles. The van der Waals surface area contributed by atoms with Gasteiger partial charge in [0.15, 0.2) is 0 Å².